The van der Waals surface area contributed by atoms with Crippen LogP contribution in [0.5, 0.6) is 0 Å². The summed E-state index contributed by atoms with van der Waals surface area (Å²) in [6.45, 7) is 8.25. The van der Waals surface area contributed by atoms with Gasteiger partial charge >= 0.3 is 0 Å². The summed E-state index contributed by atoms with van der Waals surface area (Å²) in [6.07, 6.45) is 0. The fraction of sp³-hybridized carbons (Fsp3) is 0.600. The maximum atomic E-state index is 5.79. The van der Waals surface area contributed by atoms with Crippen LogP contribution in [0.1, 0.15) is 19.4 Å². The van der Waals surface area contributed by atoms with Crippen LogP contribution >= 0.6 is 0 Å². The molecule has 0 amide bonds. The van der Waals surface area contributed by atoms with Crippen LogP contribution in [0.4, 0.5) is 11.4 Å². The van der Waals surface area contributed by atoms with Crippen molar-refractivity contribution in [3.05, 3.63) is 23.8 Å². The highest BCUT2D eigenvalue weighted by molar-refractivity contribution is 5.61. The molecule has 0 aromatic heterocycles. The Hall–Kier alpha value is -1.22. The topological polar surface area (TPSA) is 41.3 Å². The monoisotopic (exact) mass is 249 g/mol. The molecule has 0 heterocycles. The van der Waals surface area contributed by atoms with Crippen LogP contribution in [0.3, 0.4) is 0 Å². The molecule has 1 rings (SSSR count). The van der Waals surface area contributed by atoms with Crippen LogP contribution in [0.2, 0.25) is 0 Å². The van der Waals surface area contributed by atoms with Gasteiger partial charge in [-0.15, -0.1) is 0 Å². The van der Waals surface area contributed by atoms with Crippen LogP contribution in [0.15, 0.2) is 18.2 Å². The van der Waals surface area contributed by atoms with Gasteiger partial charge < -0.3 is 16.0 Å². The predicted octanol–water partition coefficient (Wildman–Crippen LogP) is 2.70. The van der Waals surface area contributed by atoms with Crippen molar-refractivity contribution < 1.29 is 0 Å². The summed E-state index contributed by atoms with van der Waals surface area (Å²) in [7, 11) is 4.14. The molecule has 3 heteroatoms. The molecule has 0 aliphatic rings. The van der Waals surface area contributed by atoms with E-state index in [2.05, 4.69) is 63.3 Å². The van der Waals surface area contributed by atoms with Gasteiger partial charge in [0.1, 0.15) is 0 Å². The van der Waals surface area contributed by atoms with E-state index in [1.807, 2.05) is 0 Å². The maximum Gasteiger partial charge on any atom is 0.0411 e. The molecular formula is C15H27N3. The first-order chi connectivity index (χ1) is 8.45. The summed E-state index contributed by atoms with van der Waals surface area (Å²) in [6, 6.07) is 6.49. The second kappa shape index (κ2) is 6.64. The van der Waals surface area contributed by atoms with Crippen molar-refractivity contribution >= 4 is 11.4 Å². The van der Waals surface area contributed by atoms with Crippen molar-refractivity contribution in [2.24, 2.45) is 17.6 Å². The first-order valence-corrected chi connectivity index (χ1v) is 6.67. The highest BCUT2D eigenvalue weighted by atomic mass is 15.1. The van der Waals surface area contributed by atoms with Crippen LogP contribution in [-0.4, -0.2) is 27.2 Å². The Bertz CT molecular complexity index is 372. The molecule has 1 atom stereocenters. The Kier molecular flexibility index (Phi) is 5.48. The Balaban J connectivity index is 2.71. The van der Waals surface area contributed by atoms with E-state index < -0.39 is 0 Å². The molecule has 3 nitrogen and oxygen atoms in total. The van der Waals surface area contributed by atoms with E-state index in [0.717, 1.165) is 13.1 Å². The SMILES string of the molecule is Cc1ccc(NCC(CN)C(C)C)cc1N(C)C. The highest BCUT2D eigenvalue weighted by Crippen LogP contribution is 2.23. The molecule has 0 radical (unpaired) electrons. The van der Waals surface area contributed by atoms with Gasteiger partial charge in [-0.3, -0.25) is 0 Å². The highest BCUT2D eigenvalue weighted by Gasteiger charge is 2.11. The molecule has 0 aliphatic heterocycles. The normalized spacial score (nSPS) is 12.6. The van der Waals surface area contributed by atoms with Crippen LogP contribution in [0.25, 0.3) is 0 Å². The third kappa shape index (κ3) is 3.91. The van der Waals surface area contributed by atoms with E-state index in [9.17, 15) is 0 Å². The fourth-order valence-corrected chi connectivity index (χ4v) is 2.04. The van der Waals surface area contributed by atoms with Gasteiger partial charge in [-0.25, -0.2) is 0 Å². The van der Waals surface area contributed by atoms with E-state index in [-0.39, 0.29) is 0 Å². The Morgan fingerprint density at radius 3 is 2.44 bits per heavy atom. The van der Waals surface area contributed by atoms with Crippen molar-refractivity contribution in [2.75, 3.05) is 37.4 Å². The molecule has 0 fully saturated rings. The van der Waals surface area contributed by atoms with Gasteiger partial charge in [0.15, 0.2) is 0 Å². The van der Waals surface area contributed by atoms with Gasteiger partial charge in [0.05, 0.1) is 0 Å². The van der Waals surface area contributed by atoms with Crippen molar-refractivity contribution in [1.82, 2.24) is 0 Å². The third-order valence-corrected chi connectivity index (χ3v) is 3.50. The number of benzene rings is 1. The summed E-state index contributed by atoms with van der Waals surface area (Å²) in [5, 5.41) is 3.49. The smallest absolute Gasteiger partial charge is 0.0411 e. The standard InChI is InChI=1S/C15H27N3/c1-11(2)13(9-16)10-17-14-7-6-12(3)15(8-14)18(4)5/h6-8,11,13,17H,9-10,16H2,1-5H3. The van der Waals surface area contributed by atoms with Crippen LogP contribution in [0, 0.1) is 18.8 Å². The minimum absolute atomic E-state index is 0.522. The first-order valence-electron chi connectivity index (χ1n) is 6.67. The Labute approximate surface area is 111 Å². The molecule has 102 valence electrons. The van der Waals surface area contributed by atoms with Crippen molar-refractivity contribution in [1.29, 1.82) is 0 Å². The van der Waals surface area contributed by atoms with Crippen LogP contribution in [-0.2, 0) is 0 Å². The molecule has 18 heavy (non-hydrogen) atoms. The largest absolute Gasteiger partial charge is 0.385 e. The average Bonchev–Trinajstić information content (AvgIpc) is 2.31. The van der Waals surface area contributed by atoms with Gasteiger partial charge in [0, 0.05) is 32.0 Å². The van der Waals surface area contributed by atoms with Gasteiger partial charge in [-0.2, -0.15) is 0 Å². The lowest BCUT2D eigenvalue weighted by molar-refractivity contribution is 0.413. The number of rotatable bonds is 6. The molecule has 0 aliphatic carbocycles. The van der Waals surface area contributed by atoms with E-state index in [1.54, 1.807) is 0 Å². The minimum Gasteiger partial charge on any atom is -0.385 e. The van der Waals surface area contributed by atoms with E-state index in [1.165, 1.54) is 16.9 Å². The van der Waals surface area contributed by atoms with Gasteiger partial charge in [0.25, 0.3) is 0 Å². The lowest BCUT2D eigenvalue weighted by Crippen LogP contribution is -2.27. The van der Waals surface area contributed by atoms with Gasteiger partial charge in [0.2, 0.25) is 0 Å². The van der Waals surface area contributed by atoms with Gasteiger partial charge in [-0.1, -0.05) is 19.9 Å². The summed E-state index contributed by atoms with van der Waals surface area (Å²) >= 11 is 0. The Morgan fingerprint density at radius 1 is 1.28 bits per heavy atom. The summed E-state index contributed by atoms with van der Waals surface area (Å²) < 4.78 is 0. The molecule has 1 aromatic rings. The lowest BCUT2D eigenvalue weighted by atomic mass is 9.96. The zero-order valence-electron chi connectivity index (χ0n) is 12.3. The van der Waals surface area contributed by atoms with Gasteiger partial charge in [-0.05, 0) is 43.0 Å². The number of anilines is 2. The van der Waals surface area contributed by atoms with Crippen molar-refractivity contribution in [3.63, 3.8) is 0 Å². The third-order valence-electron chi connectivity index (χ3n) is 3.50. The molecule has 1 unspecified atom stereocenters. The van der Waals surface area contributed by atoms with E-state index in [0.29, 0.717) is 11.8 Å². The molecular weight excluding hydrogens is 222 g/mol. The minimum atomic E-state index is 0.522. The quantitative estimate of drug-likeness (QED) is 0.814. The zero-order chi connectivity index (χ0) is 13.7. The molecule has 3 N–H and O–H groups in total. The average molecular weight is 249 g/mol. The Morgan fingerprint density at radius 2 is 1.94 bits per heavy atom. The molecule has 0 bridgehead atoms. The number of nitrogens with zero attached hydrogens (tertiary/aromatic N) is 1. The molecule has 0 spiro atoms. The predicted molar refractivity (Wildman–Crippen MR) is 81.4 cm³/mol. The second-order valence-electron chi connectivity index (χ2n) is 5.52. The van der Waals surface area contributed by atoms with E-state index >= 15 is 0 Å². The number of nitrogens with one attached hydrogen (secondary N) is 1. The maximum absolute atomic E-state index is 5.79. The van der Waals surface area contributed by atoms with Crippen LogP contribution < -0.4 is 16.0 Å². The molecule has 0 saturated carbocycles. The number of aryl methyl sites for hydroxylation is 1. The zero-order valence-corrected chi connectivity index (χ0v) is 12.3. The molecule has 0 saturated heterocycles. The van der Waals surface area contributed by atoms with Crippen molar-refractivity contribution in [3.8, 4) is 0 Å². The van der Waals surface area contributed by atoms with E-state index in [4.69, 9.17) is 5.73 Å². The lowest BCUT2D eigenvalue weighted by Gasteiger charge is -2.21. The molecule has 1 aromatic carbocycles. The summed E-state index contributed by atoms with van der Waals surface area (Å²) in [5.41, 5.74) is 9.52. The number of hydrogen-bond donors (Lipinski definition) is 2. The second-order valence-corrected chi connectivity index (χ2v) is 5.52. The summed E-state index contributed by atoms with van der Waals surface area (Å²) in [4.78, 5) is 2.14. The summed E-state index contributed by atoms with van der Waals surface area (Å²) in [5.74, 6) is 1.13. The first kappa shape index (κ1) is 14.8. The fourth-order valence-electron chi connectivity index (χ4n) is 2.04. The van der Waals surface area contributed by atoms with Crippen molar-refractivity contribution in [2.45, 2.75) is 20.8 Å². The number of hydrogen-bond acceptors (Lipinski definition) is 3. The number of nitrogens with two attached hydrogens (primary N) is 1.